The van der Waals surface area contributed by atoms with Gasteiger partial charge in [0.15, 0.2) is 0 Å². The number of carbonyl (C=O) groups is 2. The molecule has 0 heterocycles. The van der Waals surface area contributed by atoms with Gasteiger partial charge in [-0.15, -0.1) is 0 Å². The van der Waals surface area contributed by atoms with Crippen molar-refractivity contribution in [1.82, 2.24) is 0 Å². The molecule has 0 spiro atoms. The van der Waals surface area contributed by atoms with Crippen molar-refractivity contribution in [3.05, 3.63) is 24.3 Å². The fourth-order valence-electron chi connectivity index (χ4n) is 2.40. The van der Waals surface area contributed by atoms with Crippen LogP contribution >= 0.6 is 0 Å². The van der Waals surface area contributed by atoms with Gasteiger partial charge in [0.1, 0.15) is 11.8 Å². The number of hydrogen-bond donors (Lipinski definition) is 1. The Kier molecular flexibility index (Phi) is 6.89. The highest BCUT2D eigenvalue weighted by Crippen LogP contribution is 2.31. The number of hydrogen-bond acceptors (Lipinski definition) is 3. The van der Waals surface area contributed by atoms with E-state index in [2.05, 4.69) is 0 Å². The molecule has 0 aromatic heterocycles. The molecule has 0 aliphatic rings. The predicted molar refractivity (Wildman–Crippen MR) is 86.3 cm³/mol. The van der Waals surface area contributed by atoms with Crippen molar-refractivity contribution in [3.63, 3.8) is 0 Å². The molecule has 0 radical (unpaired) electrons. The maximum absolute atomic E-state index is 12.5. The number of aliphatic carboxylic acids is 1. The lowest BCUT2D eigenvalue weighted by molar-refractivity contribution is -0.140. The monoisotopic (exact) mass is 307 g/mol. The molecule has 1 N–H and O–H groups in total. The van der Waals surface area contributed by atoms with Gasteiger partial charge in [-0.25, -0.2) is 4.79 Å². The van der Waals surface area contributed by atoms with E-state index in [9.17, 15) is 14.7 Å². The maximum Gasteiger partial charge on any atom is 0.326 e. The van der Waals surface area contributed by atoms with Gasteiger partial charge in [0.25, 0.3) is 0 Å². The highest BCUT2D eigenvalue weighted by Gasteiger charge is 2.32. The standard InChI is InChI=1S/C17H25NO4/c1-5-8-16(19)18(14(17(20)21)11-12(2)3)13-9-6-7-10-15(13)22-4/h6-7,9-10,12,14H,5,8,11H2,1-4H3,(H,20,21)/t14-/m0/s1. The Hall–Kier alpha value is -2.04. The average Bonchev–Trinajstić information content (AvgIpc) is 2.46. The summed E-state index contributed by atoms with van der Waals surface area (Å²) in [5.74, 6) is -0.529. The van der Waals surface area contributed by atoms with Crippen molar-refractivity contribution in [2.75, 3.05) is 12.0 Å². The minimum absolute atomic E-state index is 0.160. The van der Waals surface area contributed by atoms with Crippen LogP contribution in [-0.4, -0.2) is 30.1 Å². The van der Waals surface area contributed by atoms with Gasteiger partial charge in [-0.2, -0.15) is 0 Å². The number of benzene rings is 1. The zero-order chi connectivity index (χ0) is 16.7. The van der Waals surface area contributed by atoms with Crippen LogP contribution in [0.1, 0.15) is 40.0 Å². The Bertz CT molecular complexity index is 513. The summed E-state index contributed by atoms with van der Waals surface area (Å²) in [4.78, 5) is 25.6. The Labute approximate surface area is 131 Å². The SMILES string of the molecule is CCCC(=O)N(c1ccccc1OC)[C@@H](CC(C)C)C(=O)O. The second kappa shape index (κ2) is 8.41. The molecule has 0 unspecified atom stereocenters. The van der Waals surface area contributed by atoms with Crippen LogP contribution in [0.2, 0.25) is 0 Å². The first-order valence-corrected chi connectivity index (χ1v) is 7.60. The number of rotatable bonds is 8. The molecule has 5 heteroatoms. The van der Waals surface area contributed by atoms with Crippen molar-refractivity contribution in [2.24, 2.45) is 5.92 Å². The van der Waals surface area contributed by atoms with Gasteiger partial charge in [0.05, 0.1) is 12.8 Å². The van der Waals surface area contributed by atoms with E-state index in [0.29, 0.717) is 30.7 Å². The number of carboxylic acids is 1. The molecule has 0 aliphatic heterocycles. The topological polar surface area (TPSA) is 66.8 Å². The van der Waals surface area contributed by atoms with Crippen LogP contribution in [0.4, 0.5) is 5.69 Å². The van der Waals surface area contributed by atoms with Gasteiger partial charge in [0, 0.05) is 6.42 Å². The summed E-state index contributed by atoms with van der Waals surface area (Å²) in [5, 5.41) is 9.60. The largest absolute Gasteiger partial charge is 0.495 e. The summed E-state index contributed by atoms with van der Waals surface area (Å²) in [6, 6.07) is 6.13. The van der Waals surface area contributed by atoms with Crippen LogP contribution < -0.4 is 9.64 Å². The van der Waals surface area contributed by atoms with Gasteiger partial charge in [0.2, 0.25) is 5.91 Å². The molecule has 0 saturated heterocycles. The average molecular weight is 307 g/mol. The molecule has 1 aromatic rings. The fourth-order valence-corrected chi connectivity index (χ4v) is 2.40. The molecular formula is C17H25NO4. The Morgan fingerprint density at radius 1 is 1.27 bits per heavy atom. The first-order chi connectivity index (χ1) is 10.4. The van der Waals surface area contributed by atoms with Crippen LogP contribution in [0.3, 0.4) is 0 Å². The van der Waals surface area contributed by atoms with E-state index in [0.717, 1.165) is 0 Å². The van der Waals surface area contributed by atoms with Crippen molar-refractivity contribution < 1.29 is 19.4 Å². The van der Waals surface area contributed by atoms with Gasteiger partial charge >= 0.3 is 5.97 Å². The van der Waals surface area contributed by atoms with Gasteiger partial charge in [-0.05, 0) is 30.9 Å². The summed E-state index contributed by atoms with van der Waals surface area (Å²) in [6.45, 7) is 5.79. The second-order valence-electron chi connectivity index (χ2n) is 5.67. The molecular weight excluding hydrogens is 282 g/mol. The maximum atomic E-state index is 12.5. The first kappa shape index (κ1) is 18.0. The first-order valence-electron chi connectivity index (χ1n) is 7.60. The molecule has 1 rings (SSSR count). The number of nitrogens with zero attached hydrogens (tertiary/aromatic N) is 1. The molecule has 0 aliphatic carbocycles. The zero-order valence-corrected chi connectivity index (χ0v) is 13.7. The Morgan fingerprint density at radius 2 is 1.91 bits per heavy atom. The van der Waals surface area contributed by atoms with E-state index in [-0.39, 0.29) is 11.8 Å². The number of anilines is 1. The summed E-state index contributed by atoms with van der Waals surface area (Å²) in [5.41, 5.74) is 0.511. The number of amides is 1. The third-order valence-electron chi connectivity index (χ3n) is 3.37. The lowest BCUT2D eigenvalue weighted by atomic mass is 10.0. The summed E-state index contributed by atoms with van der Waals surface area (Å²) in [6.07, 6.45) is 1.36. The Morgan fingerprint density at radius 3 is 2.41 bits per heavy atom. The predicted octanol–water partition coefficient (Wildman–Crippen LogP) is 3.33. The van der Waals surface area contributed by atoms with E-state index in [1.54, 1.807) is 24.3 Å². The minimum Gasteiger partial charge on any atom is -0.495 e. The number of methoxy groups -OCH3 is 1. The van der Waals surface area contributed by atoms with Crippen LogP contribution in [-0.2, 0) is 9.59 Å². The zero-order valence-electron chi connectivity index (χ0n) is 13.7. The van der Waals surface area contributed by atoms with E-state index >= 15 is 0 Å². The molecule has 0 saturated carbocycles. The molecule has 1 aromatic carbocycles. The van der Waals surface area contributed by atoms with Crippen LogP contribution in [0.5, 0.6) is 5.75 Å². The van der Waals surface area contributed by atoms with Crippen molar-refractivity contribution in [3.8, 4) is 5.75 Å². The molecule has 122 valence electrons. The van der Waals surface area contributed by atoms with Crippen LogP contribution in [0.25, 0.3) is 0 Å². The van der Waals surface area contributed by atoms with Crippen LogP contribution in [0.15, 0.2) is 24.3 Å². The lowest BCUT2D eigenvalue weighted by Gasteiger charge is -2.31. The van der Waals surface area contributed by atoms with Gasteiger partial charge < -0.3 is 9.84 Å². The molecule has 22 heavy (non-hydrogen) atoms. The minimum atomic E-state index is -0.996. The van der Waals surface area contributed by atoms with Crippen molar-refractivity contribution in [1.29, 1.82) is 0 Å². The van der Waals surface area contributed by atoms with Crippen molar-refractivity contribution in [2.45, 2.75) is 46.1 Å². The summed E-state index contributed by atoms with van der Waals surface area (Å²) < 4.78 is 5.30. The number of para-hydroxylation sites is 2. The quantitative estimate of drug-likeness (QED) is 0.800. The molecule has 0 fully saturated rings. The van der Waals surface area contributed by atoms with E-state index in [1.807, 2.05) is 20.8 Å². The van der Waals surface area contributed by atoms with E-state index in [1.165, 1.54) is 12.0 Å². The Balaban J connectivity index is 3.32. The smallest absolute Gasteiger partial charge is 0.326 e. The molecule has 1 amide bonds. The van der Waals surface area contributed by atoms with Crippen molar-refractivity contribution >= 4 is 17.6 Å². The van der Waals surface area contributed by atoms with Gasteiger partial charge in [-0.3, -0.25) is 9.69 Å². The van der Waals surface area contributed by atoms with E-state index < -0.39 is 12.0 Å². The lowest BCUT2D eigenvalue weighted by Crippen LogP contribution is -2.46. The molecule has 1 atom stereocenters. The fraction of sp³-hybridized carbons (Fsp3) is 0.529. The molecule has 0 bridgehead atoms. The summed E-state index contributed by atoms with van der Waals surface area (Å²) >= 11 is 0. The third kappa shape index (κ3) is 4.48. The summed E-state index contributed by atoms with van der Waals surface area (Å²) in [7, 11) is 1.51. The van der Waals surface area contributed by atoms with Crippen LogP contribution in [0, 0.1) is 5.92 Å². The second-order valence-corrected chi connectivity index (χ2v) is 5.67. The number of ether oxygens (including phenoxy) is 1. The number of carboxylic acid groups (broad SMARTS) is 1. The molecule has 5 nitrogen and oxygen atoms in total. The van der Waals surface area contributed by atoms with E-state index in [4.69, 9.17) is 4.74 Å². The third-order valence-corrected chi connectivity index (χ3v) is 3.37. The van der Waals surface area contributed by atoms with Gasteiger partial charge in [-0.1, -0.05) is 32.9 Å². The normalized spacial score (nSPS) is 12.0. The highest BCUT2D eigenvalue weighted by atomic mass is 16.5. The number of carbonyl (C=O) groups excluding carboxylic acids is 1. The highest BCUT2D eigenvalue weighted by molar-refractivity contribution is 6.00.